The molecule has 0 saturated carbocycles. The Kier molecular flexibility index (Phi) is 4.75. The third-order valence-corrected chi connectivity index (χ3v) is 7.15. The number of nitrogens with zero attached hydrogens (tertiary/aromatic N) is 3. The number of imide groups is 1. The van der Waals surface area contributed by atoms with Crippen LogP contribution in [0.4, 0.5) is 5.69 Å². The van der Waals surface area contributed by atoms with Crippen LogP contribution in [0, 0.1) is 11.3 Å². The zero-order valence-corrected chi connectivity index (χ0v) is 20.1. The van der Waals surface area contributed by atoms with Gasteiger partial charge in [-0.1, -0.05) is 66.7 Å². The fourth-order valence-corrected chi connectivity index (χ4v) is 5.54. The molecule has 6 aromatic rings. The molecule has 0 spiro atoms. The molecule has 1 aliphatic heterocycles. The maximum Gasteiger partial charge on any atom is 0.268 e. The molecule has 0 bridgehead atoms. The van der Waals surface area contributed by atoms with Gasteiger partial charge in [0.05, 0.1) is 45.2 Å². The van der Waals surface area contributed by atoms with E-state index in [1.165, 1.54) is 4.90 Å². The Morgan fingerprint density at radius 1 is 0.632 bits per heavy atom. The van der Waals surface area contributed by atoms with Gasteiger partial charge in [0.15, 0.2) is 0 Å². The lowest BCUT2D eigenvalue weighted by Gasteiger charge is -2.14. The molecule has 0 aliphatic carbocycles. The summed E-state index contributed by atoms with van der Waals surface area (Å²) in [4.78, 5) is 28.5. The molecule has 5 aromatic carbocycles. The Balaban J connectivity index is 1.53. The number of carbonyl (C=O) groups is 2. The van der Waals surface area contributed by atoms with E-state index in [4.69, 9.17) is 0 Å². The van der Waals surface area contributed by atoms with Gasteiger partial charge in [-0.15, -0.1) is 0 Å². The number of carbonyl (C=O) groups excluding carboxylic acids is 2. The molecule has 1 aliphatic rings. The van der Waals surface area contributed by atoms with Crippen molar-refractivity contribution in [3.05, 3.63) is 132 Å². The quantitative estimate of drug-likeness (QED) is 0.249. The molecular weight excluding hydrogens is 470 g/mol. The molecule has 5 heteroatoms. The summed E-state index contributed by atoms with van der Waals surface area (Å²) >= 11 is 0. The lowest BCUT2D eigenvalue weighted by molar-refractivity contribution is 0.0926. The molecule has 0 saturated heterocycles. The van der Waals surface area contributed by atoms with Crippen molar-refractivity contribution < 1.29 is 9.59 Å². The first-order valence-corrected chi connectivity index (χ1v) is 12.3. The highest BCUT2D eigenvalue weighted by Crippen LogP contribution is 2.41. The van der Waals surface area contributed by atoms with Crippen molar-refractivity contribution in [3.63, 3.8) is 0 Å². The predicted molar refractivity (Wildman–Crippen MR) is 149 cm³/mol. The fraction of sp³-hybridized carbons (Fsp3) is 0. The first-order valence-electron chi connectivity index (χ1n) is 12.3. The van der Waals surface area contributed by atoms with Crippen molar-refractivity contribution >= 4 is 39.3 Å². The largest absolute Gasteiger partial charge is 0.308 e. The Bertz CT molecular complexity index is 1980. The molecule has 2 amide bonds. The van der Waals surface area contributed by atoms with E-state index in [1.54, 1.807) is 24.3 Å². The topological polar surface area (TPSA) is 66.1 Å². The molecule has 2 heterocycles. The van der Waals surface area contributed by atoms with Crippen molar-refractivity contribution in [2.75, 3.05) is 4.90 Å². The number of nitriles is 1. The van der Waals surface area contributed by atoms with E-state index in [-0.39, 0.29) is 11.8 Å². The summed E-state index contributed by atoms with van der Waals surface area (Å²) in [6, 6.07) is 38.4. The van der Waals surface area contributed by atoms with Crippen LogP contribution in [0.3, 0.4) is 0 Å². The van der Waals surface area contributed by atoms with E-state index < -0.39 is 0 Å². The minimum Gasteiger partial charge on any atom is -0.308 e. The second kappa shape index (κ2) is 8.29. The lowest BCUT2D eigenvalue weighted by atomic mass is 9.98. The predicted octanol–water partition coefficient (Wildman–Crippen LogP) is 7.12. The summed E-state index contributed by atoms with van der Waals surface area (Å²) in [5.74, 6) is -0.663. The van der Waals surface area contributed by atoms with Gasteiger partial charge in [-0.3, -0.25) is 9.59 Å². The van der Waals surface area contributed by atoms with Crippen LogP contribution in [0.25, 0.3) is 38.6 Å². The molecular formula is C33H19N3O2. The van der Waals surface area contributed by atoms with Crippen molar-refractivity contribution in [2.45, 2.75) is 0 Å². The molecule has 0 unspecified atom stereocenters. The number of hydrogen-bond donors (Lipinski definition) is 0. The summed E-state index contributed by atoms with van der Waals surface area (Å²) < 4.78 is 2.07. The van der Waals surface area contributed by atoms with Gasteiger partial charge in [-0.2, -0.15) is 5.26 Å². The Hall–Kier alpha value is -5.47. The lowest BCUT2D eigenvalue weighted by Crippen LogP contribution is -2.29. The molecule has 0 atom stereocenters. The van der Waals surface area contributed by atoms with Crippen LogP contribution in [0.2, 0.25) is 0 Å². The molecule has 0 fully saturated rings. The molecule has 5 nitrogen and oxygen atoms in total. The van der Waals surface area contributed by atoms with Gasteiger partial charge in [0.1, 0.15) is 0 Å². The average Bonchev–Trinajstić information content (AvgIpc) is 3.44. The van der Waals surface area contributed by atoms with Crippen molar-refractivity contribution in [1.29, 1.82) is 5.26 Å². The van der Waals surface area contributed by atoms with Crippen molar-refractivity contribution in [3.8, 4) is 22.9 Å². The number of hydrogen-bond acceptors (Lipinski definition) is 3. The number of anilines is 1. The highest BCUT2D eigenvalue weighted by Gasteiger charge is 2.39. The third kappa shape index (κ3) is 3.04. The van der Waals surface area contributed by atoms with Gasteiger partial charge in [0.25, 0.3) is 11.8 Å². The number of benzene rings is 5. The number of rotatable bonds is 3. The molecule has 1 aromatic heterocycles. The molecule has 0 N–H and O–H groups in total. The molecule has 7 rings (SSSR count). The second-order valence-corrected chi connectivity index (χ2v) is 9.23. The number of para-hydroxylation sites is 2. The summed E-state index contributed by atoms with van der Waals surface area (Å²) in [5, 5.41) is 11.5. The van der Waals surface area contributed by atoms with Crippen LogP contribution in [0.15, 0.2) is 115 Å². The third-order valence-electron chi connectivity index (χ3n) is 7.15. The van der Waals surface area contributed by atoms with E-state index in [0.29, 0.717) is 28.1 Å². The average molecular weight is 490 g/mol. The molecule has 38 heavy (non-hydrogen) atoms. The van der Waals surface area contributed by atoms with Crippen LogP contribution in [-0.4, -0.2) is 16.4 Å². The van der Waals surface area contributed by atoms with Crippen LogP contribution in [-0.2, 0) is 0 Å². The second-order valence-electron chi connectivity index (χ2n) is 9.23. The van der Waals surface area contributed by atoms with Gasteiger partial charge >= 0.3 is 0 Å². The zero-order valence-electron chi connectivity index (χ0n) is 20.1. The van der Waals surface area contributed by atoms with Gasteiger partial charge in [-0.25, -0.2) is 4.90 Å². The molecule has 178 valence electrons. The summed E-state index contributed by atoms with van der Waals surface area (Å²) in [6.07, 6.45) is 0. The Morgan fingerprint density at radius 2 is 1.34 bits per heavy atom. The maximum absolute atomic E-state index is 13.8. The maximum atomic E-state index is 13.8. The van der Waals surface area contributed by atoms with Crippen LogP contribution in [0.5, 0.6) is 0 Å². The van der Waals surface area contributed by atoms with Gasteiger partial charge in [0, 0.05) is 10.8 Å². The highest BCUT2D eigenvalue weighted by molar-refractivity contribution is 6.35. The Labute approximate surface area is 218 Å². The first-order chi connectivity index (χ1) is 18.7. The molecule has 0 radical (unpaired) electrons. The minimum atomic E-state index is -0.337. The monoisotopic (exact) mass is 489 g/mol. The van der Waals surface area contributed by atoms with Crippen molar-refractivity contribution in [1.82, 2.24) is 4.57 Å². The minimum absolute atomic E-state index is 0.326. The van der Waals surface area contributed by atoms with E-state index >= 15 is 0 Å². The van der Waals surface area contributed by atoms with Crippen LogP contribution < -0.4 is 4.90 Å². The zero-order chi connectivity index (χ0) is 25.8. The standard InChI is InChI=1S/C33H19N3O2/c34-20-21-9-6-10-22(19-21)24-14-7-17-28-30(24)25-13-4-5-16-27(25)36(28)29-18-8-15-26-31(29)33(38)35(32(26)37)23-11-2-1-3-12-23/h1-19H. The smallest absolute Gasteiger partial charge is 0.268 e. The number of fused-ring (bicyclic) bond motifs is 4. The first kappa shape index (κ1) is 21.8. The summed E-state index contributed by atoms with van der Waals surface area (Å²) in [5.41, 5.74) is 6.36. The van der Waals surface area contributed by atoms with Crippen LogP contribution in [0.1, 0.15) is 26.3 Å². The SMILES string of the molecule is N#Cc1cccc(-c2cccc3c2c2ccccc2n3-c2cccc3c2C(=O)N(c2ccccc2)C3=O)c1. The highest BCUT2D eigenvalue weighted by atomic mass is 16.2. The normalized spacial score (nSPS) is 12.8. The van der Waals surface area contributed by atoms with Gasteiger partial charge < -0.3 is 4.57 Å². The Morgan fingerprint density at radius 3 is 2.18 bits per heavy atom. The summed E-state index contributed by atoms with van der Waals surface area (Å²) in [6.45, 7) is 0. The van der Waals surface area contributed by atoms with Gasteiger partial charge in [0.2, 0.25) is 0 Å². The van der Waals surface area contributed by atoms with E-state index in [9.17, 15) is 14.9 Å². The van der Waals surface area contributed by atoms with E-state index in [1.807, 2.05) is 78.9 Å². The van der Waals surface area contributed by atoms with Crippen molar-refractivity contribution in [2.24, 2.45) is 0 Å². The number of amides is 2. The fourth-order valence-electron chi connectivity index (χ4n) is 5.54. The van der Waals surface area contributed by atoms with Gasteiger partial charge in [-0.05, 0) is 59.7 Å². The summed E-state index contributed by atoms with van der Waals surface area (Å²) in [7, 11) is 0. The van der Waals surface area contributed by atoms with E-state index in [0.717, 1.165) is 32.9 Å². The van der Waals surface area contributed by atoms with Crippen LogP contribution >= 0.6 is 0 Å². The van der Waals surface area contributed by atoms with E-state index in [2.05, 4.69) is 22.8 Å². The number of aromatic nitrogens is 1.